The van der Waals surface area contributed by atoms with E-state index in [4.69, 9.17) is 10.2 Å². The number of hydrogen-bond donors (Lipinski definition) is 3. The Hall–Kier alpha value is -0.946. The molecule has 0 atom stereocenters. The monoisotopic (exact) mass is 306 g/mol. The summed E-state index contributed by atoms with van der Waals surface area (Å²) in [6.45, 7) is 2.66. The average molecular weight is 306 g/mol. The Morgan fingerprint density at radius 3 is 1.50 bits per heavy atom. The number of carboxylic acids is 2. The van der Waals surface area contributed by atoms with Crippen LogP contribution in [0, 0.1) is 19.8 Å². The van der Waals surface area contributed by atoms with Crippen molar-refractivity contribution in [2.75, 3.05) is 7.05 Å². The number of hydrogen-bond acceptors (Lipinski definition) is 4. The summed E-state index contributed by atoms with van der Waals surface area (Å²) in [4.78, 5) is 43.0. The largest absolute Gasteiger partial charge is 0.480 e. The number of carbonyl (C=O) groups is 4. The smallest absolute Gasteiger partial charge is 0.335 e. The van der Waals surface area contributed by atoms with Gasteiger partial charge in [-0.3, -0.25) is 14.4 Å². The maximum Gasteiger partial charge on any atom is 0.335 e. The van der Waals surface area contributed by atoms with Crippen molar-refractivity contribution in [1.82, 2.24) is 5.32 Å². The summed E-state index contributed by atoms with van der Waals surface area (Å²) >= 11 is 0. The Labute approximate surface area is 117 Å². The van der Waals surface area contributed by atoms with Crippen molar-refractivity contribution in [3.05, 3.63) is 14.4 Å². The van der Waals surface area contributed by atoms with E-state index in [1.807, 2.05) is 0 Å². The molecule has 8 heteroatoms. The van der Waals surface area contributed by atoms with Gasteiger partial charge in [0, 0.05) is 45.5 Å². The standard InChI is InChI=1S/C7H8NO6.CH3.Y/c1-3(9)7(5(11)12,6(13)14)4(10)8-2;;/h1H2,2H3,(H,8,10)(H,11,12)(H,13,14);1H3;/q2*-1;. The van der Waals surface area contributed by atoms with Crippen molar-refractivity contribution in [2.24, 2.45) is 5.41 Å². The normalized spacial score (nSPS) is 9.06. The van der Waals surface area contributed by atoms with Gasteiger partial charge in [0.05, 0.1) is 0 Å². The van der Waals surface area contributed by atoms with Crippen LogP contribution in [-0.4, -0.2) is 40.9 Å². The van der Waals surface area contributed by atoms with Crippen LogP contribution in [0.4, 0.5) is 0 Å². The molecule has 0 rings (SSSR count). The zero-order chi connectivity index (χ0) is 11.5. The minimum absolute atomic E-state index is 0. The number of rotatable bonds is 4. The van der Waals surface area contributed by atoms with Crippen molar-refractivity contribution < 1.29 is 62.1 Å². The molecule has 0 aromatic carbocycles. The summed E-state index contributed by atoms with van der Waals surface area (Å²) in [5.74, 6) is -7.07. The zero-order valence-corrected chi connectivity index (χ0v) is 11.7. The van der Waals surface area contributed by atoms with Crippen LogP contribution in [0.1, 0.15) is 0 Å². The van der Waals surface area contributed by atoms with Gasteiger partial charge in [0.2, 0.25) is 0 Å². The first-order chi connectivity index (χ1) is 6.31. The van der Waals surface area contributed by atoms with Gasteiger partial charge in [-0.05, 0) is 0 Å². The number of carbonyl (C=O) groups excluding carboxylic acids is 2. The van der Waals surface area contributed by atoms with Gasteiger partial charge in [0.15, 0.2) is 0 Å². The third-order valence-electron chi connectivity index (χ3n) is 1.63. The van der Waals surface area contributed by atoms with E-state index in [0.717, 1.165) is 7.05 Å². The molecule has 0 aliphatic rings. The molecular weight excluding hydrogens is 295 g/mol. The van der Waals surface area contributed by atoms with Crippen molar-refractivity contribution in [3.8, 4) is 0 Å². The van der Waals surface area contributed by atoms with E-state index in [-0.39, 0.29) is 40.1 Å². The first-order valence-electron chi connectivity index (χ1n) is 3.37. The van der Waals surface area contributed by atoms with Crippen LogP contribution < -0.4 is 5.32 Å². The maximum absolute atomic E-state index is 11.0. The summed E-state index contributed by atoms with van der Waals surface area (Å²) in [7, 11) is 1.02. The second-order valence-corrected chi connectivity index (χ2v) is 2.36. The van der Waals surface area contributed by atoms with Crippen LogP contribution in [0.15, 0.2) is 0 Å². The Bertz CT molecular complexity index is 278. The molecule has 0 saturated heterocycles. The van der Waals surface area contributed by atoms with Crippen LogP contribution in [-0.2, 0) is 51.9 Å². The molecule has 0 aliphatic heterocycles. The van der Waals surface area contributed by atoms with Gasteiger partial charge in [-0.25, -0.2) is 0 Å². The van der Waals surface area contributed by atoms with Crippen molar-refractivity contribution >= 4 is 23.6 Å². The van der Waals surface area contributed by atoms with Gasteiger partial charge < -0.3 is 34.7 Å². The van der Waals surface area contributed by atoms with Crippen LogP contribution in [0.2, 0.25) is 0 Å². The fraction of sp³-hybridized carbons (Fsp3) is 0.250. The topological polar surface area (TPSA) is 121 Å². The van der Waals surface area contributed by atoms with Gasteiger partial charge in [-0.1, -0.05) is 0 Å². The molecule has 0 aliphatic carbocycles. The van der Waals surface area contributed by atoms with Crippen LogP contribution >= 0.6 is 0 Å². The molecule has 0 saturated carbocycles. The molecule has 0 aromatic heterocycles. The summed E-state index contributed by atoms with van der Waals surface area (Å²) in [5.41, 5.74) is -3.16. The number of Topliss-reactive ketones (excluding diaryl/α,β-unsaturated/α-hetero) is 1. The summed E-state index contributed by atoms with van der Waals surface area (Å²) < 4.78 is 0. The molecule has 0 heterocycles. The molecule has 0 bridgehead atoms. The molecular formula is C8H11NO6Y-2. The molecule has 3 N–H and O–H groups in total. The minimum atomic E-state index is -3.16. The molecule has 0 fully saturated rings. The maximum atomic E-state index is 11.0. The van der Waals surface area contributed by atoms with Crippen molar-refractivity contribution in [1.29, 1.82) is 0 Å². The second kappa shape index (κ2) is 7.35. The Morgan fingerprint density at radius 1 is 1.12 bits per heavy atom. The van der Waals surface area contributed by atoms with Gasteiger partial charge >= 0.3 is 11.9 Å². The first kappa shape index (κ1) is 20.5. The number of amides is 1. The quantitative estimate of drug-likeness (QED) is 0.440. The summed E-state index contributed by atoms with van der Waals surface area (Å²) in [6, 6.07) is 0. The van der Waals surface area contributed by atoms with Gasteiger partial charge in [0.1, 0.15) is 0 Å². The summed E-state index contributed by atoms with van der Waals surface area (Å²) in [5, 5.41) is 18.9. The number of carboxylic acid groups (broad SMARTS) is 2. The predicted octanol–water partition coefficient (Wildman–Crippen LogP) is -1.26. The van der Waals surface area contributed by atoms with E-state index in [9.17, 15) is 19.2 Å². The third kappa shape index (κ3) is 3.02. The van der Waals surface area contributed by atoms with E-state index in [2.05, 4.69) is 6.92 Å². The van der Waals surface area contributed by atoms with E-state index in [1.54, 1.807) is 5.32 Å². The molecule has 0 spiro atoms. The molecule has 0 unspecified atom stereocenters. The molecule has 89 valence electrons. The molecule has 7 nitrogen and oxygen atoms in total. The predicted molar refractivity (Wildman–Crippen MR) is 48.5 cm³/mol. The van der Waals surface area contributed by atoms with E-state index < -0.39 is 29.0 Å². The summed E-state index contributed by atoms with van der Waals surface area (Å²) in [6.07, 6.45) is 0. The Kier molecular flexibility index (Phi) is 9.40. The van der Waals surface area contributed by atoms with Gasteiger partial charge in [-0.15, -0.1) is 0 Å². The average Bonchev–Trinajstić information content (AvgIpc) is 2.02. The van der Waals surface area contributed by atoms with E-state index >= 15 is 0 Å². The fourth-order valence-corrected chi connectivity index (χ4v) is 0.838. The van der Waals surface area contributed by atoms with Gasteiger partial charge in [0.25, 0.3) is 11.3 Å². The molecule has 1 amide bonds. The second-order valence-electron chi connectivity index (χ2n) is 2.36. The van der Waals surface area contributed by atoms with Crippen molar-refractivity contribution in [2.45, 2.75) is 0 Å². The van der Waals surface area contributed by atoms with E-state index in [0.29, 0.717) is 0 Å². The number of nitrogens with one attached hydrogen (secondary N) is 1. The Balaban J connectivity index is -0.000000845. The minimum Gasteiger partial charge on any atom is -0.480 e. The molecule has 16 heavy (non-hydrogen) atoms. The van der Waals surface area contributed by atoms with Crippen LogP contribution in [0.3, 0.4) is 0 Å². The van der Waals surface area contributed by atoms with Gasteiger partial charge in [-0.2, -0.15) is 0 Å². The Morgan fingerprint density at radius 2 is 1.44 bits per heavy atom. The zero-order valence-electron chi connectivity index (χ0n) is 8.81. The number of aliphatic carboxylic acids is 2. The van der Waals surface area contributed by atoms with E-state index in [1.165, 1.54) is 0 Å². The number of ketones is 1. The van der Waals surface area contributed by atoms with Crippen molar-refractivity contribution in [3.63, 3.8) is 0 Å². The van der Waals surface area contributed by atoms with Crippen LogP contribution in [0.5, 0.6) is 0 Å². The van der Waals surface area contributed by atoms with Crippen LogP contribution in [0.25, 0.3) is 0 Å². The SMILES string of the molecule is [CH2-]C(=O)C(C(=O)O)(C(=O)O)C(=O)NC.[CH3-].[Y]. The molecule has 1 radical (unpaired) electrons. The molecule has 0 aromatic rings. The third-order valence-corrected chi connectivity index (χ3v) is 1.63. The fourth-order valence-electron chi connectivity index (χ4n) is 0.838. The first-order valence-corrected chi connectivity index (χ1v) is 3.37.